The standard InChI is InChI=1S/C17H19N7O/c1-22(11-15-19-20-16(23(15)2)12-3-4-12)17(25)13-5-7-14(8-6-13)24-10-9-18-21-24/h5-10,12H,3-4,11H2,1-2H3. The Balaban J connectivity index is 1.46. The minimum absolute atomic E-state index is 0.0545. The molecule has 0 atom stereocenters. The van der Waals surface area contributed by atoms with E-state index in [0.29, 0.717) is 18.0 Å². The lowest BCUT2D eigenvalue weighted by atomic mass is 10.2. The van der Waals surface area contributed by atoms with Gasteiger partial charge < -0.3 is 9.47 Å². The molecule has 0 spiro atoms. The first-order valence-electron chi connectivity index (χ1n) is 8.24. The smallest absolute Gasteiger partial charge is 0.254 e. The maximum atomic E-state index is 12.6. The van der Waals surface area contributed by atoms with Crippen molar-refractivity contribution in [1.82, 2.24) is 34.7 Å². The van der Waals surface area contributed by atoms with Crippen LogP contribution in [0.15, 0.2) is 36.7 Å². The fourth-order valence-corrected chi connectivity index (χ4v) is 2.82. The van der Waals surface area contributed by atoms with Gasteiger partial charge in [-0.15, -0.1) is 15.3 Å². The molecule has 2 heterocycles. The number of carbonyl (C=O) groups is 1. The second-order valence-electron chi connectivity index (χ2n) is 6.36. The lowest BCUT2D eigenvalue weighted by molar-refractivity contribution is 0.0780. The van der Waals surface area contributed by atoms with Crippen LogP contribution in [-0.4, -0.2) is 47.6 Å². The highest BCUT2D eigenvalue weighted by Crippen LogP contribution is 2.38. The van der Waals surface area contributed by atoms with E-state index in [1.165, 1.54) is 12.8 Å². The van der Waals surface area contributed by atoms with E-state index in [9.17, 15) is 4.79 Å². The van der Waals surface area contributed by atoms with E-state index in [-0.39, 0.29) is 5.91 Å². The van der Waals surface area contributed by atoms with Gasteiger partial charge >= 0.3 is 0 Å². The Bertz CT molecular complexity index is 878. The van der Waals surface area contributed by atoms with Crippen LogP contribution in [0.5, 0.6) is 0 Å². The molecule has 0 N–H and O–H groups in total. The van der Waals surface area contributed by atoms with Crippen LogP contribution in [0, 0.1) is 0 Å². The minimum atomic E-state index is -0.0545. The van der Waals surface area contributed by atoms with Crippen LogP contribution in [0.4, 0.5) is 0 Å². The lowest BCUT2D eigenvalue weighted by Crippen LogP contribution is -2.27. The van der Waals surface area contributed by atoms with Gasteiger partial charge in [-0.2, -0.15) is 0 Å². The highest BCUT2D eigenvalue weighted by Gasteiger charge is 2.29. The van der Waals surface area contributed by atoms with Crippen LogP contribution < -0.4 is 0 Å². The highest BCUT2D eigenvalue weighted by molar-refractivity contribution is 5.94. The third kappa shape index (κ3) is 3.02. The summed E-state index contributed by atoms with van der Waals surface area (Å²) in [6.45, 7) is 0.430. The summed E-state index contributed by atoms with van der Waals surface area (Å²) in [6, 6.07) is 7.29. The van der Waals surface area contributed by atoms with E-state index in [1.54, 1.807) is 41.2 Å². The quantitative estimate of drug-likeness (QED) is 0.705. The van der Waals surface area contributed by atoms with Crippen molar-refractivity contribution in [2.45, 2.75) is 25.3 Å². The van der Waals surface area contributed by atoms with Crippen molar-refractivity contribution < 1.29 is 4.79 Å². The summed E-state index contributed by atoms with van der Waals surface area (Å²) < 4.78 is 3.66. The molecule has 4 rings (SSSR count). The second kappa shape index (κ2) is 6.12. The van der Waals surface area contributed by atoms with Crippen molar-refractivity contribution in [1.29, 1.82) is 0 Å². The number of hydrogen-bond acceptors (Lipinski definition) is 5. The molecule has 2 aromatic heterocycles. The first-order valence-corrected chi connectivity index (χ1v) is 8.24. The number of hydrogen-bond donors (Lipinski definition) is 0. The molecule has 0 saturated heterocycles. The number of rotatable bonds is 5. The molecular weight excluding hydrogens is 318 g/mol. The molecule has 1 saturated carbocycles. The highest BCUT2D eigenvalue weighted by atomic mass is 16.2. The Hall–Kier alpha value is -3.03. The maximum Gasteiger partial charge on any atom is 0.254 e. The molecule has 8 heteroatoms. The van der Waals surface area contributed by atoms with Crippen LogP contribution >= 0.6 is 0 Å². The topological polar surface area (TPSA) is 81.7 Å². The third-order valence-electron chi connectivity index (χ3n) is 4.47. The molecule has 0 bridgehead atoms. The van der Waals surface area contributed by atoms with Crippen molar-refractivity contribution in [3.63, 3.8) is 0 Å². The average Bonchev–Trinajstić information content (AvgIpc) is 3.19. The molecule has 0 radical (unpaired) electrons. The average molecular weight is 337 g/mol. The van der Waals surface area contributed by atoms with Crippen molar-refractivity contribution in [3.8, 4) is 5.69 Å². The zero-order chi connectivity index (χ0) is 17.4. The summed E-state index contributed by atoms with van der Waals surface area (Å²) >= 11 is 0. The van der Waals surface area contributed by atoms with E-state index in [1.807, 2.05) is 23.7 Å². The van der Waals surface area contributed by atoms with Gasteiger partial charge in [0.25, 0.3) is 5.91 Å². The summed E-state index contributed by atoms with van der Waals surface area (Å²) in [4.78, 5) is 14.3. The number of nitrogens with zero attached hydrogens (tertiary/aromatic N) is 7. The summed E-state index contributed by atoms with van der Waals surface area (Å²) in [5, 5.41) is 16.2. The Morgan fingerprint density at radius 2 is 2.00 bits per heavy atom. The van der Waals surface area contributed by atoms with Crippen molar-refractivity contribution in [2.24, 2.45) is 7.05 Å². The lowest BCUT2D eigenvalue weighted by Gasteiger charge is -2.17. The Kier molecular flexibility index (Phi) is 3.79. The number of benzene rings is 1. The van der Waals surface area contributed by atoms with E-state index in [4.69, 9.17) is 0 Å². The molecule has 128 valence electrons. The normalized spacial score (nSPS) is 13.8. The van der Waals surface area contributed by atoms with Gasteiger partial charge in [-0.25, -0.2) is 4.68 Å². The Labute approximate surface area is 145 Å². The first-order chi connectivity index (χ1) is 12.1. The summed E-state index contributed by atoms with van der Waals surface area (Å²) in [6.07, 6.45) is 5.73. The molecule has 3 aromatic rings. The zero-order valence-electron chi connectivity index (χ0n) is 14.2. The number of carbonyl (C=O) groups excluding carboxylic acids is 1. The molecule has 25 heavy (non-hydrogen) atoms. The molecule has 0 aliphatic heterocycles. The second-order valence-corrected chi connectivity index (χ2v) is 6.36. The van der Waals surface area contributed by atoms with Gasteiger partial charge in [-0.05, 0) is 37.1 Å². The monoisotopic (exact) mass is 337 g/mol. The summed E-state index contributed by atoms with van der Waals surface area (Å²) in [5.74, 6) is 2.31. The predicted octanol–water partition coefficient (Wildman–Crippen LogP) is 1.55. The molecule has 1 aliphatic carbocycles. The van der Waals surface area contributed by atoms with Crippen molar-refractivity contribution in [2.75, 3.05) is 7.05 Å². The van der Waals surface area contributed by atoms with Crippen LogP contribution in [0.2, 0.25) is 0 Å². The molecular formula is C17H19N7O. The minimum Gasteiger partial charge on any atom is -0.334 e. The fraction of sp³-hybridized carbons (Fsp3) is 0.353. The van der Waals surface area contributed by atoms with Gasteiger partial charge in [0.2, 0.25) is 0 Å². The van der Waals surface area contributed by atoms with Crippen molar-refractivity contribution >= 4 is 5.91 Å². The molecule has 0 unspecified atom stereocenters. The third-order valence-corrected chi connectivity index (χ3v) is 4.47. The van der Waals surface area contributed by atoms with Crippen LogP contribution in [0.1, 0.15) is 40.8 Å². The molecule has 1 aliphatic rings. The van der Waals surface area contributed by atoms with E-state index >= 15 is 0 Å². The van der Waals surface area contributed by atoms with Gasteiger partial charge in [-0.1, -0.05) is 5.21 Å². The summed E-state index contributed by atoms with van der Waals surface area (Å²) in [5.41, 5.74) is 1.48. The van der Waals surface area contributed by atoms with Crippen LogP contribution in [0.3, 0.4) is 0 Å². The Morgan fingerprint density at radius 3 is 2.64 bits per heavy atom. The number of amides is 1. The van der Waals surface area contributed by atoms with E-state index in [2.05, 4.69) is 20.5 Å². The van der Waals surface area contributed by atoms with Gasteiger partial charge in [0, 0.05) is 25.6 Å². The maximum absolute atomic E-state index is 12.6. The van der Waals surface area contributed by atoms with Gasteiger partial charge in [0.05, 0.1) is 24.6 Å². The largest absolute Gasteiger partial charge is 0.334 e. The predicted molar refractivity (Wildman–Crippen MR) is 90.1 cm³/mol. The van der Waals surface area contributed by atoms with Gasteiger partial charge in [0.1, 0.15) is 5.82 Å². The van der Waals surface area contributed by atoms with Gasteiger partial charge in [-0.3, -0.25) is 4.79 Å². The zero-order valence-corrected chi connectivity index (χ0v) is 14.2. The first kappa shape index (κ1) is 15.5. The molecule has 1 aromatic carbocycles. The van der Waals surface area contributed by atoms with E-state index < -0.39 is 0 Å². The fourth-order valence-electron chi connectivity index (χ4n) is 2.82. The summed E-state index contributed by atoms with van der Waals surface area (Å²) in [7, 11) is 3.74. The Morgan fingerprint density at radius 1 is 1.24 bits per heavy atom. The van der Waals surface area contributed by atoms with Crippen molar-refractivity contribution in [3.05, 3.63) is 53.9 Å². The van der Waals surface area contributed by atoms with Crippen LogP contribution in [-0.2, 0) is 13.6 Å². The molecule has 1 fully saturated rings. The molecule has 1 amide bonds. The van der Waals surface area contributed by atoms with Crippen LogP contribution in [0.25, 0.3) is 5.69 Å². The van der Waals surface area contributed by atoms with E-state index in [0.717, 1.165) is 17.3 Å². The van der Waals surface area contributed by atoms with Gasteiger partial charge in [0.15, 0.2) is 5.82 Å². The SMILES string of the molecule is CN(Cc1nnc(C2CC2)n1C)C(=O)c1ccc(-n2ccnn2)cc1. The number of aromatic nitrogens is 6. The molecule has 8 nitrogen and oxygen atoms in total.